The zero-order valence-electron chi connectivity index (χ0n) is 16.5. The number of halogens is 2. The standard InChI is InChI=1S/C20H18ClFN8O/c1-29-27-18(26-28-29)17-16(21)14-8-11(22)2-5-15(14)30(17)13-4-3-12(24-10-13)9-25-19(31)20(23)6-7-20/h2-5,8,10H,6-7,9,23H2,1H3,(H,25,31). The summed E-state index contributed by atoms with van der Waals surface area (Å²) in [6.45, 7) is 0.273. The van der Waals surface area contributed by atoms with Gasteiger partial charge in [0, 0.05) is 5.39 Å². The van der Waals surface area contributed by atoms with Crippen LogP contribution in [0.2, 0.25) is 5.02 Å². The number of benzene rings is 1. The maximum atomic E-state index is 13.9. The molecule has 4 aromatic rings. The lowest BCUT2D eigenvalue weighted by Crippen LogP contribution is -2.42. The number of carbonyl (C=O) groups excluding carboxylic acids is 1. The molecule has 1 aliphatic carbocycles. The van der Waals surface area contributed by atoms with Crippen molar-refractivity contribution in [3.8, 4) is 17.2 Å². The largest absolute Gasteiger partial charge is 0.349 e. The highest BCUT2D eigenvalue weighted by molar-refractivity contribution is 6.38. The molecule has 9 nitrogen and oxygen atoms in total. The second-order valence-electron chi connectivity index (χ2n) is 7.61. The number of aromatic nitrogens is 6. The number of nitrogens with zero attached hydrogens (tertiary/aromatic N) is 6. The smallest absolute Gasteiger partial charge is 0.240 e. The van der Waals surface area contributed by atoms with Gasteiger partial charge >= 0.3 is 0 Å². The highest BCUT2D eigenvalue weighted by Crippen LogP contribution is 2.38. The molecule has 5 rings (SSSR count). The molecule has 0 saturated heterocycles. The third-order valence-corrected chi connectivity index (χ3v) is 5.71. The van der Waals surface area contributed by atoms with E-state index in [0.29, 0.717) is 51.7 Å². The molecule has 0 aliphatic heterocycles. The Morgan fingerprint density at radius 3 is 2.77 bits per heavy atom. The summed E-state index contributed by atoms with van der Waals surface area (Å²) in [6, 6.07) is 8.00. The number of nitrogens with two attached hydrogens (primary N) is 1. The Hall–Kier alpha value is -3.37. The van der Waals surface area contributed by atoms with Crippen LogP contribution in [0.1, 0.15) is 18.5 Å². The molecule has 1 amide bonds. The molecular weight excluding hydrogens is 423 g/mol. The van der Waals surface area contributed by atoms with Gasteiger partial charge in [0.1, 0.15) is 11.5 Å². The van der Waals surface area contributed by atoms with E-state index in [0.717, 1.165) is 0 Å². The Balaban J connectivity index is 1.54. The Bertz CT molecular complexity index is 1310. The second-order valence-corrected chi connectivity index (χ2v) is 7.99. The van der Waals surface area contributed by atoms with E-state index in [1.165, 1.54) is 16.9 Å². The Morgan fingerprint density at radius 1 is 1.32 bits per heavy atom. The van der Waals surface area contributed by atoms with E-state index < -0.39 is 11.4 Å². The molecule has 0 unspecified atom stereocenters. The first-order valence-corrected chi connectivity index (χ1v) is 10.00. The van der Waals surface area contributed by atoms with Crippen molar-refractivity contribution in [2.45, 2.75) is 24.9 Å². The minimum atomic E-state index is -0.728. The van der Waals surface area contributed by atoms with E-state index in [2.05, 4.69) is 25.7 Å². The SMILES string of the molecule is Cn1nnc(-c2c(Cl)c3cc(F)ccc3n2-c2ccc(CNC(=O)C3(N)CC3)nc2)n1. The fraction of sp³-hybridized carbons (Fsp3) is 0.250. The average Bonchev–Trinajstić information content (AvgIpc) is 3.27. The van der Waals surface area contributed by atoms with E-state index in [9.17, 15) is 9.18 Å². The van der Waals surface area contributed by atoms with Gasteiger partial charge in [0.15, 0.2) is 0 Å². The molecule has 1 aliphatic rings. The van der Waals surface area contributed by atoms with Crippen LogP contribution in [0.15, 0.2) is 36.5 Å². The van der Waals surface area contributed by atoms with Crippen LogP contribution >= 0.6 is 11.6 Å². The van der Waals surface area contributed by atoms with Gasteiger partial charge in [-0.25, -0.2) is 4.39 Å². The molecule has 1 saturated carbocycles. The van der Waals surface area contributed by atoms with Gasteiger partial charge in [-0.1, -0.05) is 11.6 Å². The lowest BCUT2D eigenvalue weighted by molar-refractivity contribution is -0.123. The van der Waals surface area contributed by atoms with Crippen molar-refractivity contribution in [2.75, 3.05) is 0 Å². The first-order valence-electron chi connectivity index (χ1n) is 9.62. The van der Waals surface area contributed by atoms with Crippen LogP contribution in [0.4, 0.5) is 4.39 Å². The zero-order chi connectivity index (χ0) is 21.8. The molecule has 11 heteroatoms. The minimum Gasteiger partial charge on any atom is -0.349 e. The first-order chi connectivity index (χ1) is 14.9. The summed E-state index contributed by atoms with van der Waals surface area (Å²) < 4.78 is 15.7. The summed E-state index contributed by atoms with van der Waals surface area (Å²) in [5.41, 5.74) is 7.69. The van der Waals surface area contributed by atoms with Crippen LogP contribution < -0.4 is 11.1 Å². The van der Waals surface area contributed by atoms with Gasteiger partial charge in [-0.15, -0.1) is 10.2 Å². The Labute approximate surface area is 181 Å². The van der Waals surface area contributed by atoms with Crippen molar-refractivity contribution in [3.05, 3.63) is 53.1 Å². The zero-order valence-corrected chi connectivity index (χ0v) is 17.3. The molecule has 0 spiro atoms. The van der Waals surface area contributed by atoms with Gasteiger partial charge in [0.05, 0.1) is 47.2 Å². The van der Waals surface area contributed by atoms with Crippen LogP contribution in [0.25, 0.3) is 28.1 Å². The molecule has 31 heavy (non-hydrogen) atoms. The van der Waals surface area contributed by atoms with Crippen molar-refractivity contribution < 1.29 is 9.18 Å². The monoisotopic (exact) mass is 440 g/mol. The van der Waals surface area contributed by atoms with Gasteiger partial charge in [-0.05, 0) is 48.4 Å². The van der Waals surface area contributed by atoms with E-state index in [-0.39, 0.29) is 12.5 Å². The van der Waals surface area contributed by atoms with Crippen molar-refractivity contribution in [3.63, 3.8) is 0 Å². The molecule has 1 aromatic carbocycles. The van der Waals surface area contributed by atoms with Crippen LogP contribution in [0.5, 0.6) is 0 Å². The number of rotatable bonds is 5. The highest BCUT2D eigenvalue weighted by atomic mass is 35.5. The number of nitrogens with one attached hydrogen (secondary N) is 1. The molecule has 0 bridgehead atoms. The molecule has 3 aromatic heterocycles. The molecule has 3 heterocycles. The minimum absolute atomic E-state index is 0.167. The summed E-state index contributed by atoms with van der Waals surface area (Å²) >= 11 is 6.61. The van der Waals surface area contributed by atoms with E-state index in [1.54, 1.807) is 25.4 Å². The topological polar surface area (TPSA) is 117 Å². The summed E-state index contributed by atoms with van der Waals surface area (Å²) in [6.07, 6.45) is 3.05. The van der Waals surface area contributed by atoms with E-state index in [4.69, 9.17) is 17.3 Å². The number of carbonyl (C=O) groups is 1. The highest BCUT2D eigenvalue weighted by Gasteiger charge is 2.45. The third kappa shape index (κ3) is 3.43. The normalized spacial score (nSPS) is 14.7. The maximum absolute atomic E-state index is 13.9. The summed E-state index contributed by atoms with van der Waals surface area (Å²) in [5, 5.41) is 15.9. The number of hydrogen-bond donors (Lipinski definition) is 2. The summed E-state index contributed by atoms with van der Waals surface area (Å²) in [5.74, 6) is -0.263. The number of pyridine rings is 1. The number of aryl methyl sites for hydroxylation is 1. The van der Waals surface area contributed by atoms with Crippen molar-refractivity contribution in [1.82, 2.24) is 35.1 Å². The Kier molecular flexibility index (Phi) is 4.49. The van der Waals surface area contributed by atoms with Gasteiger partial charge in [-0.2, -0.15) is 4.80 Å². The molecule has 158 valence electrons. The van der Waals surface area contributed by atoms with Crippen molar-refractivity contribution in [1.29, 1.82) is 0 Å². The second kappa shape index (κ2) is 7.10. The molecule has 0 atom stereocenters. The number of amides is 1. The molecule has 1 fully saturated rings. The van der Waals surface area contributed by atoms with Gasteiger partial charge in [0.2, 0.25) is 11.7 Å². The fourth-order valence-electron chi connectivity index (χ4n) is 3.43. The Morgan fingerprint density at radius 2 is 2.13 bits per heavy atom. The third-order valence-electron chi connectivity index (χ3n) is 5.33. The van der Waals surface area contributed by atoms with Crippen LogP contribution in [0, 0.1) is 5.82 Å². The molecule has 3 N–H and O–H groups in total. The van der Waals surface area contributed by atoms with E-state index >= 15 is 0 Å². The lowest BCUT2D eigenvalue weighted by Gasteiger charge is -2.11. The summed E-state index contributed by atoms with van der Waals surface area (Å²) in [4.78, 5) is 17.8. The van der Waals surface area contributed by atoms with Crippen LogP contribution in [-0.2, 0) is 18.4 Å². The number of hydrogen-bond acceptors (Lipinski definition) is 6. The average molecular weight is 441 g/mol. The van der Waals surface area contributed by atoms with Gasteiger partial charge < -0.3 is 15.6 Å². The van der Waals surface area contributed by atoms with Gasteiger partial charge in [0.25, 0.3) is 0 Å². The quantitative estimate of drug-likeness (QED) is 0.491. The van der Waals surface area contributed by atoms with Crippen molar-refractivity contribution in [2.24, 2.45) is 12.8 Å². The van der Waals surface area contributed by atoms with Crippen molar-refractivity contribution >= 4 is 28.4 Å². The first kappa shape index (κ1) is 19.6. The van der Waals surface area contributed by atoms with Crippen LogP contribution in [-0.4, -0.2) is 41.2 Å². The van der Waals surface area contributed by atoms with Crippen LogP contribution in [0.3, 0.4) is 0 Å². The predicted octanol–water partition coefficient (Wildman–Crippen LogP) is 2.12. The predicted molar refractivity (Wildman–Crippen MR) is 112 cm³/mol. The lowest BCUT2D eigenvalue weighted by atomic mass is 10.2. The summed E-state index contributed by atoms with van der Waals surface area (Å²) in [7, 11) is 1.65. The van der Waals surface area contributed by atoms with Gasteiger partial charge in [-0.3, -0.25) is 9.78 Å². The fourth-order valence-corrected chi connectivity index (χ4v) is 3.75. The molecular formula is C20H18ClFN8O. The molecule has 0 radical (unpaired) electrons. The number of fused-ring (bicyclic) bond motifs is 1. The maximum Gasteiger partial charge on any atom is 0.240 e. The van der Waals surface area contributed by atoms with E-state index in [1.807, 2.05) is 10.6 Å². The number of tetrazole rings is 1.